The van der Waals surface area contributed by atoms with Crippen LogP contribution in [0, 0.1) is 0 Å². The summed E-state index contributed by atoms with van der Waals surface area (Å²) < 4.78 is 0. The van der Waals surface area contributed by atoms with Gasteiger partial charge in [-0.05, 0) is 29.0 Å². The summed E-state index contributed by atoms with van der Waals surface area (Å²) in [5, 5.41) is 0. The zero-order chi connectivity index (χ0) is 9.97. The Kier molecular flexibility index (Phi) is 2.79. The molecule has 0 aromatic heterocycles. The van der Waals surface area contributed by atoms with Crippen LogP contribution in [0.5, 0.6) is 0 Å². The zero-order valence-corrected chi connectivity index (χ0v) is 9.19. The normalized spacial score (nSPS) is 15.5. The van der Waals surface area contributed by atoms with E-state index in [9.17, 15) is 0 Å². The van der Waals surface area contributed by atoms with Crippen molar-refractivity contribution in [2.75, 3.05) is 0 Å². The average molecular weight is 206 g/mol. The van der Waals surface area contributed by atoms with E-state index in [2.05, 4.69) is 48.4 Å². The summed E-state index contributed by atoms with van der Waals surface area (Å²) in [6, 6.07) is 8.73. The summed E-state index contributed by atoms with van der Waals surface area (Å²) in [7, 11) is 0. The van der Waals surface area contributed by atoms with Crippen LogP contribution in [-0.4, -0.2) is 0 Å². The predicted octanol–water partition coefficient (Wildman–Crippen LogP) is 2.86. The van der Waals surface area contributed by atoms with Crippen molar-refractivity contribution in [2.45, 2.75) is 19.8 Å². The van der Waals surface area contributed by atoms with Gasteiger partial charge in [0, 0.05) is 11.1 Å². The van der Waals surface area contributed by atoms with Crippen molar-refractivity contribution >= 4 is 16.9 Å². The molecule has 1 aromatic rings. The fraction of sp³-hybridized carbons (Fsp3) is 0.273. The Bertz CT molecular complexity index is 341. The molecule has 0 saturated carbocycles. The number of hydrogen-bond donors (Lipinski definition) is 2. The van der Waals surface area contributed by atoms with Gasteiger partial charge in [0.1, 0.15) is 0 Å². The van der Waals surface area contributed by atoms with E-state index in [0.717, 1.165) is 0 Å². The van der Waals surface area contributed by atoms with Gasteiger partial charge < -0.3 is 5.43 Å². The van der Waals surface area contributed by atoms with Gasteiger partial charge in [-0.2, -0.15) is 4.83 Å². The smallest absolute Gasteiger partial charge is 0.0488 e. The van der Waals surface area contributed by atoms with E-state index in [1.54, 1.807) is 11.9 Å². The second-order valence-corrected chi connectivity index (χ2v) is 4.48. The van der Waals surface area contributed by atoms with E-state index < -0.39 is 0 Å². The van der Waals surface area contributed by atoms with E-state index >= 15 is 0 Å². The first-order valence-corrected chi connectivity index (χ1v) is 5.57. The Morgan fingerprint density at radius 3 is 2.36 bits per heavy atom. The van der Waals surface area contributed by atoms with Gasteiger partial charge >= 0.3 is 0 Å². The standard InChI is InChI=1S/C11H14N2S/c1-8(2)9-3-5-10(6-4-9)11-7-12-13-14-11/h3-8,12-13H,1-2H3. The molecule has 0 bridgehead atoms. The number of benzene rings is 1. The number of hydrogen-bond acceptors (Lipinski definition) is 3. The van der Waals surface area contributed by atoms with Crippen molar-refractivity contribution in [3.05, 3.63) is 41.6 Å². The second kappa shape index (κ2) is 4.07. The first-order valence-electron chi connectivity index (χ1n) is 4.75. The Balaban J connectivity index is 2.21. The minimum absolute atomic E-state index is 0.602. The Morgan fingerprint density at radius 1 is 1.14 bits per heavy atom. The molecule has 0 radical (unpaired) electrons. The molecule has 2 nitrogen and oxygen atoms in total. The van der Waals surface area contributed by atoms with Crippen molar-refractivity contribution in [2.24, 2.45) is 0 Å². The molecule has 1 aliphatic rings. The Hall–Kier alpha value is -0.930. The van der Waals surface area contributed by atoms with Crippen LogP contribution in [0.15, 0.2) is 30.5 Å². The number of rotatable bonds is 2. The minimum atomic E-state index is 0.602. The maximum Gasteiger partial charge on any atom is 0.0488 e. The molecule has 74 valence electrons. The molecule has 2 rings (SSSR count). The highest BCUT2D eigenvalue weighted by atomic mass is 32.2. The molecule has 3 heteroatoms. The summed E-state index contributed by atoms with van der Waals surface area (Å²) >= 11 is 1.61. The highest BCUT2D eigenvalue weighted by Crippen LogP contribution is 2.27. The largest absolute Gasteiger partial charge is 0.318 e. The lowest BCUT2D eigenvalue weighted by molar-refractivity contribution is 0.866. The monoisotopic (exact) mass is 206 g/mol. The van der Waals surface area contributed by atoms with Crippen LogP contribution in [0.25, 0.3) is 4.91 Å². The van der Waals surface area contributed by atoms with Crippen molar-refractivity contribution in [3.8, 4) is 0 Å². The molecular formula is C11H14N2S. The van der Waals surface area contributed by atoms with Crippen molar-refractivity contribution in [1.82, 2.24) is 10.3 Å². The molecule has 0 fully saturated rings. The van der Waals surface area contributed by atoms with Gasteiger partial charge in [0.05, 0.1) is 0 Å². The van der Waals surface area contributed by atoms with Gasteiger partial charge in [-0.15, -0.1) is 0 Å². The summed E-state index contributed by atoms with van der Waals surface area (Å²) in [4.78, 5) is 4.22. The van der Waals surface area contributed by atoms with Crippen molar-refractivity contribution < 1.29 is 0 Å². The fourth-order valence-electron chi connectivity index (χ4n) is 1.38. The molecule has 14 heavy (non-hydrogen) atoms. The molecule has 0 unspecified atom stereocenters. The molecule has 0 amide bonds. The average Bonchev–Trinajstić information content (AvgIpc) is 2.71. The molecule has 2 N–H and O–H groups in total. The first-order chi connectivity index (χ1) is 6.77. The number of hydrazine groups is 1. The van der Waals surface area contributed by atoms with Crippen molar-refractivity contribution in [3.63, 3.8) is 0 Å². The van der Waals surface area contributed by atoms with Crippen LogP contribution in [-0.2, 0) is 0 Å². The molecule has 1 aromatic carbocycles. The van der Waals surface area contributed by atoms with Crippen LogP contribution < -0.4 is 10.3 Å². The molecule has 1 aliphatic heterocycles. The molecule has 0 aliphatic carbocycles. The van der Waals surface area contributed by atoms with E-state index in [1.165, 1.54) is 16.0 Å². The van der Waals surface area contributed by atoms with Crippen LogP contribution >= 0.6 is 11.9 Å². The molecule has 0 saturated heterocycles. The van der Waals surface area contributed by atoms with Gasteiger partial charge in [0.15, 0.2) is 0 Å². The topological polar surface area (TPSA) is 24.1 Å². The molecule has 1 heterocycles. The van der Waals surface area contributed by atoms with E-state index in [4.69, 9.17) is 0 Å². The van der Waals surface area contributed by atoms with E-state index in [0.29, 0.717) is 5.92 Å². The first kappa shape index (κ1) is 9.62. The van der Waals surface area contributed by atoms with Crippen LogP contribution in [0.3, 0.4) is 0 Å². The van der Waals surface area contributed by atoms with Gasteiger partial charge in [-0.25, -0.2) is 0 Å². The summed E-state index contributed by atoms with van der Waals surface area (Å²) in [6.07, 6.45) is 1.98. The third-order valence-corrected chi connectivity index (χ3v) is 3.08. The zero-order valence-electron chi connectivity index (χ0n) is 8.37. The van der Waals surface area contributed by atoms with Gasteiger partial charge in [0.2, 0.25) is 0 Å². The van der Waals surface area contributed by atoms with Crippen molar-refractivity contribution in [1.29, 1.82) is 0 Å². The van der Waals surface area contributed by atoms with Gasteiger partial charge in [-0.3, -0.25) is 0 Å². The Morgan fingerprint density at radius 2 is 1.86 bits per heavy atom. The summed E-state index contributed by atoms with van der Waals surface area (Å²) in [5.41, 5.74) is 5.61. The third-order valence-electron chi connectivity index (χ3n) is 2.29. The highest BCUT2D eigenvalue weighted by molar-refractivity contribution is 8.06. The lowest BCUT2D eigenvalue weighted by atomic mass is 10.0. The lowest BCUT2D eigenvalue weighted by Crippen LogP contribution is -2.11. The fourth-order valence-corrected chi connectivity index (χ4v) is 1.98. The van der Waals surface area contributed by atoms with E-state index in [1.807, 2.05) is 6.20 Å². The molecule has 0 atom stereocenters. The minimum Gasteiger partial charge on any atom is -0.318 e. The summed E-state index contributed by atoms with van der Waals surface area (Å²) in [5.74, 6) is 0.602. The predicted molar refractivity (Wildman–Crippen MR) is 62.4 cm³/mol. The summed E-state index contributed by atoms with van der Waals surface area (Å²) in [6.45, 7) is 4.42. The molecular weight excluding hydrogens is 192 g/mol. The highest BCUT2D eigenvalue weighted by Gasteiger charge is 2.07. The SMILES string of the molecule is CC(C)c1ccc(C2=CNNS2)cc1. The van der Waals surface area contributed by atoms with Gasteiger partial charge in [-0.1, -0.05) is 38.1 Å². The lowest BCUT2D eigenvalue weighted by Gasteiger charge is -2.06. The van der Waals surface area contributed by atoms with Crippen LogP contribution in [0.1, 0.15) is 30.9 Å². The maximum absolute atomic E-state index is 2.98. The second-order valence-electron chi connectivity index (χ2n) is 3.63. The van der Waals surface area contributed by atoms with Crippen LogP contribution in [0.4, 0.5) is 0 Å². The third kappa shape index (κ3) is 1.94. The maximum atomic E-state index is 2.98. The van der Waals surface area contributed by atoms with Crippen LogP contribution in [0.2, 0.25) is 0 Å². The Labute approximate surface area is 88.9 Å². The van der Waals surface area contributed by atoms with Gasteiger partial charge in [0.25, 0.3) is 0 Å². The van der Waals surface area contributed by atoms with E-state index in [-0.39, 0.29) is 0 Å². The quantitative estimate of drug-likeness (QED) is 0.728. The molecule has 0 spiro atoms. The number of nitrogens with one attached hydrogen (secondary N) is 2.